The van der Waals surface area contributed by atoms with E-state index in [2.05, 4.69) is 15.6 Å². The van der Waals surface area contributed by atoms with Gasteiger partial charge >= 0.3 is 0 Å². The molecule has 174 valence electrons. The molecule has 0 aliphatic heterocycles. The number of carbonyl (C=O) groups is 2. The van der Waals surface area contributed by atoms with Crippen LogP contribution in [-0.2, 0) is 11.3 Å². The number of hydrogen-bond acceptors (Lipinski definition) is 6. The molecule has 8 nitrogen and oxygen atoms in total. The minimum Gasteiger partial charge on any atom is -0.495 e. The molecule has 1 saturated carbocycles. The third-order valence-electron chi connectivity index (χ3n) is 6.01. The molecule has 2 amide bonds. The third-order valence-corrected chi connectivity index (χ3v) is 7.21. The van der Waals surface area contributed by atoms with Crippen LogP contribution in [0.15, 0.2) is 35.4 Å². The Bertz CT molecular complexity index is 1220. The number of hydrogen-bond donors (Lipinski definition) is 2. The van der Waals surface area contributed by atoms with Gasteiger partial charge in [0, 0.05) is 6.04 Å². The summed E-state index contributed by atoms with van der Waals surface area (Å²) in [7, 11) is 1.52. The molecule has 1 fully saturated rings. The Morgan fingerprint density at radius 2 is 1.91 bits per heavy atom. The standard InChI is InChI=1S/C24H28N4O4S/c1-15-20-23(33-21(15)22(30)26-16-9-5-3-4-6-10-16)25-14-28(24(20)31)13-19(29)27-17-11-7-8-12-18(17)32-2/h7-8,11-12,14,16H,3-6,9-10,13H2,1-2H3,(H,26,30)(H,27,29). The van der Waals surface area contributed by atoms with Crippen molar-refractivity contribution < 1.29 is 14.3 Å². The maximum atomic E-state index is 13.1. The Balaban J connectivity index is 1.53. The van der Waals surface area contributed by atoms with Gasteiger partial charge in [-0.1, -0.05) is 37.8 Å². The van der Waals surface area contributed by atoms with E-state index in [1.54, 1.807) is 31.2 Å². The number of carbonyl (C=O) groups excluding carboxylic acids is 2. The zero-order valence-electron chi connectivity index (χ0n) is 18.8. The summed E-state index contributed by atoms with van der Waals surface area (Å²) in [6.45, 7) is 1.57. The van der Waals surface area contributed by atoms with E-state index in [1.165, 1.54) is 42.2 Å². The molecule has 9 heteroatoms. The number of ether oxygens (including phenoxy) is 1. The summed E-state index contributed by atoms with van der Waals surface area (Å²) in [5.41, 5.74) is 0.798. The van der Waals surface area contributed by atoms with E-state index in [4.69, 9.17) is 4.74 Å². The molecular formula is C24H28N4O4S. The van der Waals surface area contributed by atoms with Gasteiger partial charge in [-0.15, -0.1) is 11.3 Å². The summed E-state index contributed by atoms with van der Waals surface area (Å²) < 4.78 is 6.51. The first-order valence-corrected chi connectivity index (χ1v) is 12.0. The molecule has 4 rings (SSSR count). The zero-order chi connectivity index (χ0) is 23.4. The Morgan fingerprint density at radius 1 is 1.18 bits per heavy atom. The van der Waals surface area contributed by atoms with Crippen molar-refractivity contribution in [2.45, 2.75) is 58.0 Å². The van der Waals surface area contributed by atoms with Crippen LogP contribution in [0, 0.1) is 6.92 Å². The molecule has 0 atom stereocenters. The molecule has 0 saturated heterocycles. The molecule has 0 unspecified atom stereocenters. The van der Waals surface area contributed by atoms with E-state index in [-0.39, 0.29) is 30.0 Å². The molecule has 0 radical (unpaired) electrons. The van der Waals surface area contributed by atoms with Gasteiger partial charge in [-0.25, -0.2) is 4.98 Å². The van der Waals surface area contributed by atoms with Crippen molar-refractivity contribution in [1.82, 2.24) is 14.9 Å². The van der Waals surface area contributed by atoms with Crippen LogP contribution < -0.4 is 20.9 Å². The Morgan fingerprint density at radius 3 is 2.64 bits per heavy atom. The molecular weight excluding hydrogens is 440 g/mol. The highest BCUT2D eigenvalue weighted by atomic mass is 32.1. The summed E-state index contributed by atoms with van der Waals surface area (Å²) in [4.78, 5) is 44.0. The third kappa shape index (κ3) is 5.08. The number of nitrogens with one attached hydrogen (secondary N) is 2. The molecule has 1 aliphatic rings. The van der Waals surface area contributed by atoms with E-state index < -0.39 is 0 Å². The van der Waals surface area contributed by atoms with Gasteiger partial charge < -0.3 is 15.4 Å². The Kier molecular flexibility index (Phi) is 7.08. The largest absolute Gasteiger partial charge is 0.495 e. The first-order chi connectivity index (χ1) is 16.0. The zero-order valence-corrected chi connectivity index (χ0v) is 19.7. The van der Waals surface area contributed by atoms with E-state index >= 15 is 0 Å². The maximum Gasteiger partial charge on any atom is 0.262 e. The molecule has 0 spiro atoms. The van der Waals surface area contributed by atoms with Crippen molar-refractivity contribution in [3.63, 3.8) is 0 Å². The summed E-state index contributed by atoms with van der Waals surface area (Å²) in [5.74, 6) is 0.00834. The highest BCUT2D eigenvalue weighted by molar-refractivity contribution is 7.20. The normalized spacial score (nSPS) is 14.6. The van der Waals surface area contributed by atoms with Crippen LogP contribution >= 0.6 is 11.3 Å². The van der Waals surface area contributed by atoms with Gasteiger partial charge in [-0.2, -0.15) is 0 Å². The minimum absolute atomic E-state index is 0.151. The number of nitrogens with zero attached hydrogens (tertiary/aromatic N) is 2. The second-order valence-electron chi connectivity index (χ2n) is 8.32. The number of methoxy groups -OCH3 is 1. The van der Waals surface area contributed by atoms with E-state index in [9.17, 15) is 14.4 Å². The lowest BCUT2D eigenvalue weighted by Gasteiger charge is -2.15. The fourth-order valence-electron chi connectivity index (χ4n) is 4.26. The Hall–Kier alpha value is -3.20. The second-order valence-corrected chi connectivity index (χ2v) is 9.32. The van der Waals surface area contributed by atoms with Crippen LogP contribution in [0.3, 0.4) is 0 Å². The monoisotopic (exact) mass is 468 g/mol. The predicted molar refractivity (Wildman–Crippen MR) is 129 cm³/mol. The number of aromatic nitrogens is 2. The number of amides is 2. The van der Waals surface area contributed by atoms with Crippen LogP contribution in [0.5, 0.6) is 5.75 Å². The van der Waals surface area contributed by atoms with Crippen LogP contribution in [-0.4, -0.2) is 34.5 Å². The van der Waals surface area contributed by atoms with Gasteiger partial charge in [0.1, 0.15) is 17.1 Å². The average molecular weight is 469 g/mol. The van der Waals surface area contributed by atoms with Gasteiger partial charge in [-0.05, 0) is 37.5 Å². The van der Waals surface area contributed by atoms with Crippen molar-refractivity contribution in [1.29, 1.82) is 0 Å². The molecule has 33 heavy (non-hydrogen) atoms. The quantitative estimate of drug-likeness (QED) is 0.535. The fraction of sp³-hybridized carbons (Fsp3) is 0.417. The summed E-state index contributed by atoms with van der Waals surface area (Å²) in [6, 6.07) is 7.23. The van der Waals surface area contributed by atoms with Crippen LogP contribution in [0.4, 0.5) is 5.69 Å². The molecule has 2 aromatic heterocycles. The van der Waals surface area contributed by atoms with E-state index in [0.29, 0.717) is 32.1 Å². The first kappa shape index (κ1) is 23.0. The number of thiophene rings is 1. The number of aryl methyl sites for hydroxylation is 1. The SMILES string of the molecule is COc1ccccc1NC(=O)Cn1cnc2sc(C(=O)NC3CCCCCC3)c(C)c2c1=O. The maximum absolute atomic E-state index is 13.1. The molecule has 1 aliphatic carbocycles. The summed E-state index contributed by atoms with van der Waals surface area (Å²) in [5, 5.41) is 6.29. The number of benzene rings is 1. The van der Waals surface area contributed by atoms with E-state index in [1.807, 2.05) is 0 Å². The summed E-state index contributed by atoms with van der Waals surface area (Å²) in [6.07, 6.45) is 8.00. The first-order valence-electron chi connectivity index (χ1n) is 11.2. The van der Waals surface area contributed by atoms with Crippen LogP contribution in [0.2, 0.25) is 0 Å². The van der Waals surface area contributed by atoms with Crippen molar-refractivity contribution in [2.75, 3.05) is 12.4 Å². The smallest absolute Gasteiger partial charge is 0.262 e. The predicted octanol–water partition coefficient (Wildman–Crippen LogP) is 3.87. The molecule has 1 aromatic carbocycles. The van der Waals surface area contributed by atoms with Crippen LogP contribution in [0.25, 0.3) is 10.2 Å². The lowest BCUT2D eigenvalue weighted by molar-refractivity contribution is -0.116. The fourth-order valence-corrected chi connectivity index (χ4v) is 5.30. The van der Waals surface area contributed by atoms with Gasteiger partial charge in [0.2, 0.25) is 5.91 Å². The van der Waals surface area contributed by atoms with Crippen molar-refractivity contribution in [3.05, 3.63) is 51.4 Å². The lowest BCUT2D eigenvalue weighted by Crippen LogP contribution is -2.34. The number of rotatable bonds is 6. The van der Waals surface area contributed by atoms with Crippen molar-refractivity contribution in [3.8, 4) is 5.75 Å². The van der Waals surface area contributed by atoms with Crippen LogP contribution in [0.1, 0.15) is 53.8 Å². The average Bonchev–Trinajstić information content (AvgIpc) is 2.96. The highest BCUT2D eigenvalue weighted by Gasteiger charge is 2.22. The molecule has 0 bridgehead atoms. The molecule has 2 N–H and O–H groups in total. The second kappa shape index (κ2) is 10.2. The molecule has 2 heterocycles. The molecule has 3 aromatic rings. The summed E-state index contributed by atoms with van der Waals surface area (Å²) >= 11 is 1.22. The van der Waals surface area contributed by atoms with Crippen molar-refractivity contribution in [2.24, 2.45) is 0 Å². The topological polar surface area (TPSA) is 102 Å². The van der Waals surface area contributed by atoms with E-state index in [0.717, 1.165) is 25.7 Å². The van der Waals surface area contributed by atoms with Gasteiger partial charge in [0.05, 0.1) is 29.4 Å². The minimum atomic E-state index is -0.373. The number of para-hydroxylation sites is 2. The lowest BCUT2D eigenvalue weighted by atomic mass is 10.1. The van der Waals surface area contributed by atoms with Gasteiger partial charge in [-0.3, -0.25) is 19.0 Å². The van der Waals surface area contributed by atoms with Gasteiger partial charge in [0.15, 0.2) is 0 Å². The highest BCUT2D eigenvalue weighted by Crippen LogP contribution is 2.28. The number of anilines is 1. The Labute approximate surface area is 196 Å². The van der Waals surface area contributed by atoms with Gasteiger partial charge in [0.25, 0.3) is 11.5 Å². The number of fused-ring (bicyclic) bond motifs is 1. The van der Waals surface area contributed by atoms with Crippen molar-refractivity contribution >= 4 is 39.1 Å².